The molecule has 1 N–H and O–H groups in total. The van der Waals surface area contributed by atoms with Crippen LogP contribution in [0.25, 0.3) is 10.9 Å². The number of carbonyl (C=O) groups excluding carboxylic acids is 1. The van der Waals surface area contributed by atoms with Crippen LogP contribution < -0.4 is 10.2 Å². The molecule has 0 unspecified atom stereocenters. The van der Waals surface area contributed by atoms with E-state index < -0.39 is 0 Å². The molecule has 0 radical (unpaired) electrons. The van der Waals surface area contributed by atoms with Crippen LogP contribution in [0, 0.1) is 6.92 Å². The van der Waals surface area contributed by atoms with Gasteiger partial charge in [0.05, 0.1) is 11.1 Å². The number of hydrogen-bond acceptors (Lipinski definition) is 3. The van der Waals surface area contributed by atoms with Crippen molar-refractivity contribution >= 4 is 55.8 Å². The molecule has 0 bridgehead atoms. The van der Waals surface area contributed by atoms with Gasteiger partial charge in [0.15, 0.2) is 0 Å². The van der Waals surface area contributed by atoms with Gasteiger partial charge in [0.2, 0.25) is 0 Å². The monoisotopic (exact) mass is 443 g/mol. The molecule has 1 aromatic heterocycles. The quantitative estimate of drug-likeness (QED) is 0.554. The van der Waals surface area contributed by atoms with E-state index in [2.05, 4.69) is 26.1 Å². The highest BCUT2D eigenvalue weighted by Gasteiger charge is 2.23. The molecule has 138 valence electrons. The molecule has 1 amide bonds. The van der Waals surface area contributed by atoms with Crippen LogP contribution in [0.3, 0.4) is 0 Å². The minimum Gasteiger partial charge on any atom is -0.356 e. The van der Waals surface area contributed by atoms with Crippen LogP contribution in [0.2, 0.25) is 5.02 Å². The van der Waals surface area contributed by atoms with Gasteiger partial charge in [0.25, 0.3) is 5.91 Å². The zero-order valence-corrected chi connectivity index (χ0v) is 17.3. The summed E-state index contributed by atoms with van der Waals surface area (Å²) in [7, 11) is 0. The molecule has 2 heterocycles. The molecule has 4 nitrogen and oxygen atoms in total. The van der Waals surface area contributed by atoms with E-state index in [0.29, 0.717) is 16.3 Å². The first-order valence-electron chi connectivity index (χ1n) is 8.94. The molecule has 6 heteroatoms. The second kappa shape index (κ2) is 7.49. The number of halogens is 2. The van der Waals surface area contributed by atoms with Crippen molar-refractivity contribution in [2.24, 2.45) is 0 Å². The molecule has 27 heavy (non-hydrogen) atoms. The van der Waals surface area contributed by atoms with Crippen molar-refractivity contribution in [1.29, 1.82) is 0 Å². The average Bonchev–Trinajstić information content (AvgIpc) is 3.17. The summed E-state index contributed by atoms with van der Waals surface area (Å²) in [6, 6.07) is 13.0. The van der Waals surface area contributed by atoms with Crippen molar-refractivity contribution in [1.82, 2.24) is 4.98 Å². The Kier molecular flexibility index (Phi) is 5.06. The molecular weight excluding hydrogens is 426 g/mol. The van der Waals surface area contributed by atoms with Gasteiger partial charge in [-0.1, -0.05) is 27.5 Å². The summed E-state index contributed by atoms with van der Waals surface area (Å²) in [5.74, 6) is 0.768. The lowest BCUT2D eigenvalue weighted by Crippen LogP contribution is -2.23. The van der Waals surface area contributed by atoms with E-state index in [-0.39, 0.29) is 5.91 Å². The molecule has 1 fully saturated rings. The number of pyridine rings is 1. The molecule has 4 rings (SSSR count). The van der Waals surface area contributed by atoms with Crippen LogP contribution in [0.4, 0.5) is 11.5 Å². The summed E-state index contributed by atoms with van der Waals surface area (Å²) in [5, 5.41) is 4.48. The first-order valence-corrected chi connectivity index (χ1v) is 10.1. The van der Waals surface area contributed by atoms with Gasteiger partial charge in [-0.2, -0.15) is 0 Å². The lowest BCUT2D eigenvalue weighted by molar-refractivity contribution is 0.102. The maximum absolute atomic E-state index is 13.2. The van der Waals surface area contributed by atoms with Crippen LogP contribution in [0.1, 0.15) is 28.8 Å². The molecular formula is C21H19BrClN3O. The van der Waals surface area contributed by atoms with Gasteiger partial charge in [-0.15, -0.1) is 0 Å². The van der Waals surface area contributed by atoms with Crippen molar-refractivity contribution in [3.8, 4) is 0 Å². The third-order valence-corrected chi connectivity index (χ3v) is 5.64. The predicted octanol–water partition coefficient (Wildman–Crippen LogP) is 5.81. The van der Waals surface area contributed by atoms with E-state index in [1.54, 1.807) is 24.3 Å². The van der Waals surface area contributed by atoms with E-state index in [4.69, 9.17) is 16.6 Å². The van der Waals surface area contributed by atoms with E-state index in [9.17, 15) is 4.79 Å². The van der Waals surface area contributed by atoms with Crippen LogP contribution in [-0.2, 0) is 0 Å². The Morgan fingerprint density at radius 2 is 1.85 bits per heavy atom. The van der Waals surface area contributed by atoms with Gasteiger partial charge in [-0.3, -0.25) is 4.79 Å². The zero-order valence-electron chi connectivity index (χ0n) is 14.9. The van der Waals surface area contributed by atoms with Crippen LogP contribution in [0.5, 0.6) is 0 Å². The highest BCUT2D eigenvalue weighted by molar-refractivity contribution is 9.10. The SMILES string of the molecule is Cc1c(N2CCCC2)nc2ccc(Br)cc2c1C(=O)Nc1ccc(Cl)cc1. The van der Waals surface area contributed by atoms with Gasteiger partial charge in [-0.05, 0) is 62.2 Å². The van der Waals surface area contributed by atoms with Crippen LogP contribution >= 0.6 is 27.5 Å². The second-order valence-corrected chi connectivity index (χ2v) is 8.10. The summed E-state index contributed by atoms with van der Waals surface area (Å²) < 4.78 is 0.922. The molecule has 1 aliphatic heterocycles. The summed E-state index contributed by atoms with van der Waals surface area (Å²) in [6.45, 7) is 3.94. The molecule has 2 aromatic carbocycles. The number of rotatable bonds is 3. The predicted molar refractivity (Wildman–Crippen MR) is 115 cm³/mol. The summed E-state index contributed by atoms with van der Waals surface area (Å²) >= 11 is 9.46. The Bertz CT molecular complexity index is 1010. The maximum Gasteiger partial charge on any atom is 0.256 e. The zero-order chi connectivity index (χ0) is 19.0. The van der Waals surface area contributed by atoms with Crippen molar-refractivity contribution < 1.29 is 4.79 Å². The molecule has 0 saturated carbocycles. The smallest absolute Gasteiger partial charge is 0.256 e. The van der Waals surface area contributed by atoms with Gasteiger partial charge in [-0.25, -0.2) is 4.98 Å². The van der Waals surface area contributed by atoms with Crippen LogP contribution in [0.15, 0.2) is 46.9 Å². The molecule has 3 aromatic rings. The van der Waals surface area contributed by atoms with Gasteiger partial charge in [0.1, 0.15) is 5.82 Å². The number of benzene rings is 2. The fourth-order valence-electron chi connectivity index (χ4n) is 3.57. The van der Waals surface area contributed by atoms with Crippen LogP contribution in [-0.4, -0.2) is 24.0 Å². The topological polar surface area (TPSA) is 45.2 Å². The van der Waals surface area contributed by atoms with Crippen molar-refractivity contribution in [2.45, 2.75) is 19.8 Å². The summed E-state index contributed by atoms with van der Waals surface area (Å²) in [6.07, 6.45) is 2.32. The number of aromatic nitrogens is 1. The highest BCUT2D eigenvalue weighted by Crippen LogP contribution is 2.32. The Labute approximate surface area is 171 Å². The number of fused-ring (bicyclic) bond motifs is 1. The van der Waals surface area contributed by atoms with Crippen molar-refractivity contribution in [2.75, 3.05) is 23.3 Å². The minimum atomic E-state index is -0.138. The lowest BCUT2D eigenvalue weighted by atomic mass is 10.0. The fraction of sp³-hybridized carbons (Fsp3) is 0.238. The van der Waals surface area contributed by atoms with Crippen molar-refractivity contribution in [3.63, 3.8) is 0 Å². The largest absolute Gasteiger partial charge is 0.356 e. The Morgan fingerprint density at radius 1 is 1.15 bits per heavy atom. The standard InChI is InChI=1S/C21H19BrClN3O/c1-13-19(21(27)24-16-7-5-15(23)6-8-16)17-12-14(22)4-9-18(17)25-20(13)26-10-2-3-11-26/h4-9,12H,2-3,10-11H2,1H3,(H,24,27). The highest BCUT2D eigenvalue weighted by atomic mass is 79.9. The van der Waals surface area contributed by atoms with Crippen molar-refractivity contribution in [3.05, 3.63) is 63.1 Å². The summed E-state index contributed by atoms with van der Waals surface area (Å²) in [5.41, 5.74) is 3.12. The van der Waals surface area contributed by atoms with Gasteiger partial charge >= 0.3 is 0 Å². The molecule has 1 saturated heterocycles. The number of anilines is 2. The Hall–Kier alpha value is -2.11. The van der Waals surface area contributed by atoms with E-state index >= 15 is 0 Å². The number of nitrogens with zero attached hydrogens (tertiary/aromatic N) is 2. The minimum absolute atomic E-state index is 0.138. The maximum atomic E-state index is 13.2. The fourth-order valence-corrected chi connectivity index (χ4v) is 4.06. The Balaban J connectivity index is 1.83. The molecule has 0 spiro atoms. The molecule has 0 aliphatic carbocycles. The number of nitrogens with one attached hydrogen (secondary N) is 1. The summed E-state index contributed by atoms with van der Waals surface area (Å²) in [4.78, 5) is 20.3. The third kappa shape index (κ3) is 3.66. The third-order valence-electron chi connectivity index (χ3n) is 4.90. The van der Waals surface area contributed by atoms with E-state index in [0.717, 1.165) is 52.7 Å². The number of carbonyl (C=O) groups is 1. The lowest BCUT2D eigenvalue weighted by Gasteiger charge is -2.22. The first-order chi connectivity index (χ1) is 13.0. The molecule has 0 atom stereocenters. The average molecular weight is 445 g/mol. The van der Waals surface area contributed by atoms with Gasteiger partial charge < -0.3 is 10.2 Å². The first kappa shape index (κ1) is 18.3. The van der Waals surface area contributed by atoms with E-state index in [1.165, 1.54) is 0 Å². The van der Waals surface area contributed by atoms with E-state index in [1.807, 2.05) is 25.1 Å². The number of amides is 1. The number of hydrogen-bond donors (Lipinski definition) is 1. The normalized spacial score (nSPS) is 14.0. The van der Waals surface area contributed by atoms with Gasteiger partial charge in [0, 0.05) is 39.2 Å². The Morgan fingerprint density at radius 3 is 2.56 bits per heavy atom. The second-order valence-electron chi connectivity index (χ2n) is 6.75. The molecule has 1 aliphatic rings.